The Bertz CT molecular complexity index is 1140. The van der Waals surface area contributed by atoms with Crippen molar-refractivity contribution < 1.29 is 4.79 Å². The van der Waals surface area contributed by atoms with Crippen LogP contribution < -0.4 is 5.32 Å². The number of hydrogen-bond donors (Lipinski definition) is 1. The van der Waals surface area contributed by atoms with Gasteiger partial charge in [0.1, 0.15) is 0 Å². The molecule has 0 radical (unpaired) electrons. The molecule has 5 rings (SSSR count). The summed E-state index contributed by atoms with van der Waals surface area (Å²) in [6, 6.07) is 18.7. The predicted molar refractivity (Wildman–Crippen MR) is 132 cm³/mol. The molecule has 32 heavy (non-hydrogen) atoms. The number of para-hydroxylation sites is 1. The van der Waals surface area contributed by atoms with Crippen LogP contribution in [0.4, 0.5) is 0 Å². The Morgan fingerprint density at radius 1 is 1.03 bits per heavy atom. The van der Waals surface area contributed by atoms with Gasteiger partial charge in [-0.15, -0.1) is 0 Å². The third-order valence-corrected chi connectivity index (χ3v) is 7.80. The number of carbonyl (C=O) groups excluding carboxylic acids is 1. The monoisotopic (exact) mass is 426 g/mol. The number of benzene rings is 2. The summed E-state index contributed by atoms with van der Waals surface area (Å²) in [5, 5.41) is 4.27. The number of nitrogens with one attached hydrogen (secondary N) is 1. The minimum Gasteiger partial charge on any atom is -0.349 e. The Balaban J connectivity index is 1.46. The lowest BCUT2D eigenvalue weighted by Gasteiger charge is -2.28. The fourth-order valence-corrected chi connectivity index (χ4v) is 5.95. The van der Waals surface area contributed by atoms with Crippen LogP contribution in [0.15, 0.2) is 54.6 Å². The summed E-state index contributed by atoms with van der Waals surface area (Å²) in [5.41, 5.74) is 4.87. The second-order valence-electron chi connectivity index (χ2n) is 11.0. The van der Waals surface area contributed by atoms with Gasteiger partial charge in [0.2, 0.25) is 0 Å². The SMILES string of the molecule is C[C@@H](NC(=O)c1cc(-c2ccc(C(C)(C)C)cc2)nc2ccccc12)[C@@H]1C[C@@H]2CC[C@@H]1C2. The van der Waals surface area contributed by atoms with E-state index >= 15 is 0 Å². The van der Waals surface area contributed by atoms with Crippen LogP contribution in [0.3, 0.4) is 0 Å². The zero-order valence-electron chi connectivity index (χ0n) is 19.7. The molecule has 166 valence electrons. The average molecular weight is 427 g/mol. The molecule has 0 aliphatic heterocycles. The van der Waals surface area contributed by atoms with Gasteiger partial charge in [-0.25, -0.2) is 4.98 Å². The number of fused-ring (bicyclic) bond motifs is 3. The Kier molecular flexibility index (Phi) is 5.31. The molecule has 0 unspecified atom stereocenters. The Morgan fingerprint density at radius 3 is 2.44 bits per heavy atom. The summed E-state index contributed by atoms with van der Waals surface area (Å²) >= 11 is 0. The molecular formula is C29H34N2O. The highest BCUT2D eigenvalue weighted by Gasteiger charge is 2.42. The van der Waals surface area contributed by atoms with Crippen molar-refractivity contribution in [3.63, 3.8) is 0 Å². The molecular weight excluding hydrogens is 392 g/mol. The lowest BCUT2D eigenvalue weighted by atomic mass is 9.84. The number of amides is 1. The molecule has 2 saturated carbocycles. The third kappa shape index (κ3) is 3.94. The van der Waals surface area contributed by atoms with Gasteiger partial charge in [-0.2, -0.15) is 0 Å². The van der Waals surface area contributed by atoms with Gasteiger partial charge in [0, 0.05) is 17.0 Å². The molecule has 3 heteroatoms. The largest absolute Gasteiger partial charge is 0.349 e. The first-order valence-corrected chi connectivity index (χ1v) is 12.1. The summed E-state index contributed by atoms with van der Waals surface area (Å²) in [4.78, 5) is 18.4. The zero-order chi connectivity index (χ0) is 22.5. The lowest BCUT2D eigenvalue weighted by Crippen LogP contribution is -2.40. The molecule has 4 atom stereocenters. The van der Waals surface area contributed by atoms with Crippen LogP contribution in [0.1, 0.15) is 69.3 Å². The second-order valence-corrected chi connectivity index (χ2v) is 11.0. The molecule has 2 aliphatic carbocycles. The molecule has 0 saturated heterocycles. The molecule has 2 aliphatic rings. The van der Waals surface area contributed by atoms with Crippen LogP contribution in [-0.4, -0.2) is 16.9 Å². The van der Waals surface area contributed by atoms with E-state index in [1.54, 1.807) is 0 Å². The first-order valence-electron chi connectivity index (χ1n) is 12.1. The van der Waals surface area contributed by atoms with Crippen LogP contribution in [0.2, 0.25) is 0 Å². The van der Waals surface area contributed by atoms with Crippen LogP contribution in [0.5, 0.6) is 0 Å². The van der Waals surface area contributed by atoms with Gasteiger partial charge in [0.05, 0.1) is 16.8 Å². The zero-order valence-corrected chi connectivity index (χ0v) is 19.7. The molecule has 0 spiro atoms. The fourth-order valence-electron chi connectivity index (χ4n) is 5.95. The number of hydrogen-bond acceptors (Lipinski definition) is 2. The molecule has 3 aromatic rings. The van der Waals surface area contributed by atoms with E-state index in [0.29, 0.717) is 5.92 Å². The summed E-state index contributed by atoms with van der Waals surface area (Å²) < 4.78 is 0. The van der Waals surface area contributed by atoms with E-state index in [1.165, 1.54) is 31.2 Å². The van der Waals surface area contributed by atoms with E-state index in [9.17, 15) is 4.79 Å². The number of rotatable bonds is 4. The maximum Gasteiger partial charge on any atom is 0.252 e. The lowest BCUT2D eigenvalue weighted by molar-refractivity contribution is 0.0917. The summed E-state index contributed by atoms with van der Waals surface area (Å²) in [5.74, 6) is 2.32. The molecule has 3 nitrogen and oxygen atoms in total. The summed E-state index contributed by atoms with van der Waals surface area (Å²) in [6.07, 6.45) is 5.35. The van der Waals surface area contributed by atoms with Crippen molar-refractivity contribution >= 4 is 16.8 Å². The van der Waals surface area contributed by atoms with Gasteiger partial charge in [0.15, 0.2) is 0 Å². The number of aromatic nitrogens is 1. The van der Waals surface area contributed by atoms with Crippen molar-refractivity contribution in [1.29, 1.82) is 0 Å². The van der Waals surface area contributed by atoms with Gasteiger partial charge in [-0.3, -0.25) is 4.79 Å². The third-order valence-electron chi connectivity index (χ3n) is 7.80. The van der Waals surface area contributed by atoms with E-state index in [-0.39, 0.29) is 17.4 Å². The molecule has 1 heterocycles. The fraction of sp³-hybridized carbons (Fsp3) is 0.448. The van der Waals surface area contributed by atoms with Crippen LogP contribution in [-0.2, 0) is 5.41 Å². The van der Waals surface area contributed by atoms with Gasteiger partial charge >= 0.3 is 0 Å². The molecule has 1 aromatic heterocycles. The van der Waals surface area contributed by atoms with Crippen molar-refractivity contribution in [3.8, 4) is 11.3 Å². The summed E-state index contributed by atoms with van der Waals surface area (Å²) in [6.45, 7) is 8.85. The van der Waals surface area contributed by atoms with Gasteiger partial charge in [0.25, 0.3) is 5.91 Å². The number of nitrogens with zero attached hydrogens (tertiary/aromatic N) is 1. The number of carbonyl (C=O) groups is 1. The van der Waals surface area contributed by atoms with E-state index in [0.717, 1.165) is 39.6 Å². The Labute approximate surface area is 191 Å². The minimum atomic E-state index is 0.0198. The highest BCUT2D eigenvalue weighted by Crippen LogP contribution is 2.49. The Morgan fingerprint density at radius 2 is 1.78 bits per heavy atom. The standard InChI is InChI=1S/C29H34N2O/c1-18(24-16-19-9-10-21(24)15-19)30-28(32)25-17-27(31-26-8-6-5-7-23(25)26)20-11-13-22(14-12-20)29(2,3)4/h5-8,11-14,17-19,21,24H,9-10,15-16H2,1-4H3,(H,30,32)/t18-,19-,21-,24+/m1/s1. The normalized spacial score (nSPS) is 23.4. The average Bonchev–Trinajstić information content (AvgIpc) is 3.42. The predicted octanol–water partition coefficient (Wildman–Crippen LogP) is 6.75. The smallest absolute Gasteiger partial charge is 0.252 e. The topological polar surface area (TPSA) is 42.0 Å². The highest BCUT2D eigenvalue weighted by molar-refractivity contribution is 6.07. The van der Waals surface area contributed by atoms with Crippen LogP contribution >= 0.6 is 0 Å². The molecule has 2 aromatic carbocycles. The first kappa shape index (κ1) is 21.2. The van der Waals surface area contributed by atoms with Crippen molar-refractivity contribution in [3.05, 3.63) is 65.7 Å². The number of pyridine rings is 1. The molecule has 2 fully saturated rings. The maximum atomic E-state index is 13.5. The van der Waals surface area contributed by atoms with E-state index in [4.69, 9.17) is 4.98 Å². The molecule has 2 bridgehead atoms. The van der Waals surface area contributed by atoms with Crippen molar-refractivity contribution in [2.24, 2.45) is 17.8 Å². The van der Waals surface area contributed by atoms with Crippen molar-refractivity contribution in [1.82, 2.24) is 10.3 Å². The van der Waals surface area contributed by atoms with E-state index in [1.807, 2.05) is 30.3 Å². The van der Waals surface area contributed by atoms with Crippen molar-refractivity contribution in [2.75, 3.05) is 0 Å². The minimum absolute atomic E-state index is 0.0198. The van der Waals surface area contributed by atoms with Crippen molar-refractivity contribution in [2.45, 2.75) is 64.8 Å². The highest BCUT2D eigenvalue weighted by atomic mass is 16.1. The molecule has 1 N–H and O–H groups in total. The van der Waals surface area contributed by atoms with Gasteiger partial charge in [-0.1, -0.05) is 69.7 Å². The van der Waals surface area contributed by atoms with E-state index < -0.39 is 0 Å². The van der Waals surface area contributed by atoms with E-state index in [2.05, 4.69) is 57.3 Å². The van der Waals surface area contributed by atoms with Gasteiger partial charge in [-0.05, 0) is 67.1 Å². The van der Waals surface area contributed by atoms with Crippen LogP contribution in [0, 0.1) is 17.8 Å². The Hall–Kier alpha value is -2.68. The summed E-state index contributed by atoms with van der Waals surface area (Å²) in [7, 11) is 0. The van der Waals surface area contributed by atoms with Crippen LogP contribution in [0.25, 0.3) is 22.2 Å². The van der Waals surface area contributed by atoms with Gasteiger partial charge < -0.3 is 5.32 Å². The molecule has 1 amide bonds. The second kappa shape index (κ2) is 8.03. The quantitative estimate of drug-likeness (QED) is 0.501. The maximum absolute atomic E-state index is 13.5. The first-order chi connectivity index (χ1) is 15.3.